The SMILES string of the molecule is CC1=NN([C@H]2CCS(=O)(=O)C2)C(=O)[C@H]1C(=O)Nc1ccccc1. The van der Waals surface area contributed by atoms with Crippen LogP contribution in [0, 0.1) is 5.92 Å². The molecule has 0 radical (unpaired) electrons. The van der Waals surface area contributed by atoms with Crippen molar-refractivity contribution in [3.8, 4) is 0 Å². The number of amides is 2. The Bertz CT molecular complexity index is 773. The first-order chi connectivity index (χ1) is 10.9. The van der Waals surface area contributed by atoms with Crippen molar-refractivity contribution in [3.05, 3.63) is 30.3 Å². The van der Waals surface area contributed by atoms with Gasteiger partial charge in [-0.2, -0.15) is 5.10 Å². The van der Waals surface area contributed by atoms with Crippen LogP contribution in [0.15, 0.2) is 35.4 Å². The van der Waals surface area contributed by atoms with Crippen molar-refractivity contribution in [1.82, 2.24) is 5.01 Å². The number of hydrogen-bond acceptors (Lipinski definition) is 5. The molecular formula is C15H17N3O4S. The number of carbonyl (C=O) groups is 2. The third-order valence-electron chi connectivity index (χ3n) is 4.01. The van der Waals surface area contributed by atoms with Gasteiger partial charge in [-0.05, 0) is 25.5 Å². The summed E-state index contributed by atoms with van der Waals surface area (Å²) >= 11 is 0. The highest BCUT2D eigenvalue weighted by Gasteiger charge is 2.44. The van der Waals surface area contributed by atoms with Gasteiger partial charge in [-0.1, -0.05) is 18.2 Å². The quantitative estimate of drug-likeness (QED) is 0.820. The Morgan fingerprint density at radius 1 is 1.30 bits per heavy atom. The highest BCUT2D eigenvalue weighted by molar-refractivity contribution is 7.91. The van der Waals surface area contributed by atoms with E-state index in [-0.39, 0.29) is 11.5 Å². The second kappa shape index (κ2) is 5.77. The zero-order valence-electron chi connectivity index (χ0n) is 12.6. The van der Waals surface area contributed by atoms with Crippen molar-refractivity contribution >= 4 is 33.1 Å². The molecule has 0 aliphatic carbocycles. The second-order valence-corrected chi connectivity index (χ2v) is 8.00. The third kappa shape index (κ3) is 3.12. The first-order valence-electron chi connectivity index (χ1n) is 7.32. The Hall–Kier alpha value is -2.22. The minimum atomic E-state index is -3.12. The van der Waals surface area contributed by atoms with Crippen LogP contribution in [0.2, 0.25) is 0 Å². The largest absolute Gasteiger partial charge is 0.325 e. The van der Waals surface area contributed by atoms with Gasteiger partial charge in [0.05, 0.1) is 23.3 Å². The van der Waals surface area contributed by atoms with Crippen molar-refractivity contribution in [2.75, 3.05) is 16.8 Å². The first kappa shape index (κ1) is 15.7. The standard InChI is InChI=1S/C15H17N3O4S/c1-10-13(14(19)16-11-5-3-2-4-6-11)15(20)18(17-10)12-7-8-23(21,22)9-12/h2-6,12-13H,7-9H2,1H3,(H,16,19)/t12-,13+/m0/s1. The summed E-state index contributed by atoms with van der Waals surface area (Å²) in [6.45, 7) is 1.61. The summed E-state index contributed by atoms with van der Waals surface area (Å²) in [5, 5.41) is 8.00. The summed E-state index contributed by atoms with van der Waals surface area (Å²) in [4.78, 5) is 24.9. The Labute approximate surface area is 134 Å². The van der Waals surface area contributed by atoms with Gasteiger partial charge in [-0.25, -0.2) is 13.4 Å². The topological polar surface area (TPSA) is 95.9 Å². The van der Waals surface area contributed by atoms with Crippen LogP contribution < -0.4 is 5.32 Å². The molecule has 2 atom stereocenters. The van der Waals surface area contributed by atoms with Crippen LogP contribution >= 0.6 is 0 Å². The van der Waals surface area contributed by atoms with Gasteiger partial charge in [0.1, 0.15) is 0 Å². The second-order valence-electron chi connectivity index (χ2n) is 5.77. The van der Waals surface area contributed by atoms with Gasteiger partial charge in [-0.15, -0.1) is 0 Å². The lowest BCUT2D eigenvalue weighted by Crippen LogP contribution is -2.40. The first-order valence-corrected chi connectivity index (χ1v) is 9.14. The Balaban J connectivity index is 1.74. The van der Waals surface area contributed by atoms with E-state index in [9.17, 15) is 18.0 Å². The zero-order valence-corrected chi connectivity index (χ0v) is 13.4. The minimum Gasteiger partial charge on any atom is -0.325 e. The predicted molar refractivity (Wildman–Crippen MR) is 85.6 cm³/mol. The summed E-state index contributed by atoms with van der Waals surface area (Å²) in [7, 11) is -3.12. The van der Waals surface area contributed by atoms with E-state index in [2.05, 4.69) is 10.4 Å². The number of rotatable bonds is 3. The average molecular weight is 335 g/mol. The molecule has 0 unspecified atom stereocenters. The fourth-order valence-corrected chi connectivity index (χ4v) is 4.55. The maximum atomic E-state index is 12.5. The van der Waals surface area contributed by atoms with Crippen LogP contribution in [-0.4, -0.2) is 48.5 Å². The van der Waals surface area contributed by atoms with Gasteiger partial charge >= 0.3 is 0 Å². The van der Waals surface area contributed by atoms with Gasteiger partial charge in [0.2, 0.25) is 5.91 Å². The van der Waals surface area contributed by atoms with Gasteiger partial charge in [0, 0.05) is 5.69 Å². The smallest absolute Gasteiger partial charge is 0.261 e. The molecule has 2 aliphatic rings. The number of anilines is 1. The van der Waals surface area contributed by atoms with E-state index in [1.807, 2.05) is 6.07 Å². The van der Waals surface area contributed by atoms with E-state index in [1.165, 1.54) is 5.01 Å². The summed E-state index contributed by atoms with van der Waals surface area (Å²) < 4.78 is 23.2. The van der Waals surface area contributed by atoms with Crippen molar-refractivity contribution < 1.29 is 18.0 Å². The zero-order chi connectivity index (χ0) is 16.6. The molecule has 2 aliphatic heterocycles. The normalized spacial score (nSPS) is 26.2. The molecule has 0 aromatic heterocycles. The lowest BCUT2D eigenvalue weighted by Gasteiger charge is -2.19. The average Bonchev–Trinajstić information content (AvgIpc) is 2.99. The number of hydrazone groups is 1. The van der Waals surface area contributed by atoms with E-state index in [0.29, 0.717) is 17.8 Å². The van der Waals surface area contributed by atoms with Crippen molar-refractivity contribution in [3.63, 3.8) is 0 Å². The molecule has 7 nitrogen and oxygen atoms in total. The molecule has 1 aromatic carbocycles. The fourth-order valence-electron chi connectivity index (χ4n) is 2.86. The number of carbonyl (C=O) groups excluding carboxylic acids is 2. The van der Waals surface area contributed by atoms with Crippen LogP contribution in [-0.2, 0) is 19.4 Å². The summed E-state index contributed by atoms with van der Waals surface area (Å²) in [6, 6.07) is 8.37. The molecule has 1 fully saturated rings. The van der Waals surface area contributed by atoms with Crippen LogP contribution in [0.4, 0.5) is 5.69 Å². The molecule has 0 saturated carbocycles. The Kier molecular flexibility index (Phi) is 3.93. The van der Waals surface area contributed by atoms with Crippen molar-refractivity contribution in [2.24, 2.45) is 11.0 Å². The lowest BCUT2D eigenvalue weighted by atomic mass is 10.0. The fraction of sp³-hybridized carbons (Fsp3) is 0.400. The number of nitrogens with zero attached hydrogens (tertiary/aromatic N) is 2. The van der Waals surface area contributed by atoms with Crippen LogP contribution in [0.3, 0.4) is 0 Å². The molecule has 3 rings (SSSR count). The van der Waals surface area contributed by atoms with Gasteiger partial charge < -0.3 is 5.32 Å². The third-order valence-corrected chi connectivity index (χ3v) is 5.76. The summed E-state index contributed by atoms with van der Waals surface area (Å²) in [6.07, 6.45) is 0.359. The number of hydrogen-bond donors (Lipinski definition) is 1. The van der Waals surface area contributed by atoms with E-state index in [4.69, 9.17) is 0 Å². The van der Waals surface area contributed by atoms with E-state index in [0.717, 1.165) is 0 Å². The van der Waals surface area contributed by atoms with Crippen LogP contribution in [0.5, 0.6) is 0 Å². The molecule has 2 amide bonds. The van der Waals surface area contributed by atoms with E-state index < -0.39 is 33.6 Å². The molecule has 23 heavy (non-hydrogen) atoms. The Morgan fingerprint density at radius 2 is 2.00 bits per heavy atom. The molecule has 0 spiro atoms. The number of para-hydroxylation sites is 1. The predicted octanol–water partition coefficient (Wildman–Crippen LogP) is 0.646. The van der Waals surface area contributed by atoms with Gasteiger partial charge in [-0.3, -0.25) is 9.59 Å². The van der Waals surface area contributed by atoms with Crippen molar-refractivity contribution in [2.45, 2.75) is 19.4 Å². The monoisotopic (exact) mass is 335 g/mol. The van der Waals surface area contributed by atoms with Gasteiger partial charge in [0.15, 0.2) is 15.8 Å². The van der Waals surface area contributed by atoms with Crippen molar-refractivity contribution in [1.29, 1.82) is 0 Å². The molecule has 2 heterocycles. The summed E-state index contributed by atoms with van der Waals surface area (Å²) in [5.74, 6) is -1.96. The van der Waals surface area contributed by atoms with Crippen LogP contribution in [0.25, 0.3) is 0 Å². The van der Waals surface area contributed by atoms with E-state index >= 15 is 0 Å². The Morgan fingerprint density at radius 3 is 2.61 bits per heavy atom. The van der Waals surface area contributed by atoms with E-state index in [1.54, 1.807) is 31.2 Å². The molecule has 0 bridgehead atoms. The number of benzene rings is 1. The number of sulfone groups is 1. The molecule has 8 heteroatoms. The molecule has 1 aromatic rings. The molecule has 1 N–H and O–H groups in total. The summed E-state index contributed by atoms with van der Waals surface area (Å²) in [5.41, 5.74) is 0.979. The minimum absolute atomic E-state index is 0.0525. The lowest BCUT2D eigenvalue weighted by molar-refractivity contribution is -0.137. The maximum Gasteiger partial charge on any atom is 0.261 e. The van der Waals surface area contributed by atoms with Gasteiger partial charge in [0.25, 0.3) is 5.91 Å². The van der Waals surface area contributed by atoms with Crippen LogP contribution in [0.1, 0.15) is 13.3 Å². The molecular weight excluding hydrogens is 318 g/mol. The number of nitrogens with one attached hydrogen (secondary N) is 1. The molecule has 122 valence electrons. The molecule has 1 saturated heterocycles. The maximum absolute atomic E-state index is 12.5. The highest BCUT2D eigenvalue weighted by atomic mass is 32.2. The highest BCUT2D eigenvalue weighted by Crippen LogP contribution is 2.26.